The maximum absolute atomic E-state index is 12.8. The minimum absolute atomic E-state index is 0.161. The molecule has 1 heterocycles. The molecule has 1 atom stereocenters. The molecule has 3 amide bonds. The molecule has 7 nitrogen and oxygen atoms in total. The van der Waals surface area contributed by atoms with Gasteiger partial charge in [0.2, 0.25) is 0 Å². The average molecular weight is 393 g/mol. The first kappa shape index (κ1) is 19.3. The van der Waals surface area contributed by atoms with E-state index in [1.807, 2.05) is 0 Å². The van der Waals surface area contributed by atoms with Crippen LogP contribution in [0.4, 0.5) is 23.7 Å². The highest BCUT2D eigenvalue weighted by Gasteiger charge is 2.49. The molecule has 0 radical (unpaired) electrons. The van der Waals surface area contributed by atoms with Gasteiger partial charge in [0.1, 0.15) is 5.54 Å². The molecule has 1 aliphatic rings. The van der Waals surface area contributed by atoms with Gasteiger partial charge in [-0.2, -0.15) is 13.2 Å². The van der Waals surface area contributed by atoms with Crippen molar-refractivity contribution >= 4 is 17.6 Å². The zero-order valence-electron chi connectivity index (χ0n) is 14.5. The lowest BCUT2D eigenvalue weighted by atomic mass is 9.92. The summed E-state index contributed by atoms with van der Waals surface area (Å²) >= 11 is 0. The highest BCUT2D eigenvalue weighted by atomic mass is 19.4. The van der Waals surface area contributed by atoms with E-state index in [1.165, 1.54) is 43.3 Å². The van der Waals surface area contributed by atoms with Crippen LogP contribution in [-0.2, 0) is 23.1 Å². The smallest absolute Gasteiger partial charge is 0.319 e. The van der Waals surface area contributed by atoms with Crippen LogP contribution in [0.15, 0.2) is 48.5 Å². The number of halogens is 3. The van der Waals surface area contributed by atoms with Crippen molar-refractivity contribution in [1.29, 1.82) is 0 Å². The van der Waals surface area contributed by atoms with Gasteiger partial charge in [0.25, 0.3) is 11.6 Å². The van der Waals surface area contributed by atoms with Crippen molar-refractivity contribution in [3.63, 3.8) is 0 Å². The predicted molar refractivity (Wildman–Crippen MR) is 91.0 cm³/mol. The Morgan fingerprint density at radius 3 is 2.14 bits per heavy atom. The maximum Gasteiger partial charge on any atom is 0.416 e. The Bertz CT molecular complexity index is 942. The summed E-state index contributed by atoms with van der Waals surface area (Å²) in [7, 11) is 0. The zero-order chi connectivity index (χ0) is 20.7. The largest absolute Gasteiger partial charge is 0.416 e. The molecule has 3 rings (SSSR count). The van der Waals surface area contributed by atoms with E-state index in [4.69, 9.17) is 0 Å². The molecule has 0 bridgehead atoms. The summed E-state index contributed by atoms with van der Waals surface area (Å²) in [6, 6.07) is 8.64. The molecule has 10 heteroatoms. The van der Waals surface area contributed by atoms with Crippen LogP contribution in [0.2, 0.25) is 0 Å². The molecule has 0 aliphatic carbocycles. The van der Waals surface area contributed by atoms with Crippen LogP contribution in [0.5, 0.6) is 0 Å². The molecule has 1 aliphatic heterocycles. The first-order valence-electron chi connectivity index (χ1n) is 8.07. The number of amides is 3. The van der Waals surface area contributed by atoms with E-state index in [0.29, 0.717) is 11.1 Å². The molecule has 146 valence electrons. The van der Waals surface area contributed by atoms with Crippen LogP contribution in [0.1, 0.15) is 23.6 Å². The minimum Gasteiger partial charge on any atom is -0.319 e. The first-order chi connectivity index (χ1) is 13.0. The van der Waals surface area contributed by atoms with Crippen LogP contribution >= 0.6 is 0 Å². The quantitative estimate of drug-likeness (QED) is 0.488. The molecule has 0 spiro atoms. The summed E-state index contributed by atoms with van der Waals surface area (Å²) in [5, 5.41) is 13.3. The van der Waals surface area contributed by atoms with E-state index in [-0.39, 0.29) is 12.2 Å². The van der Waals surface area contributed by atoms with Crippen molar-refractivity contribution in [1.82, 2.24) is 10.2 Å². The van der Waals surface area contributed by atoms with E-state index in [2.05, 4.69) is 5.32 Å². The van der Waals surface area contributed by atoms with Crippen molar-refractivity contribution in [2.75, 3.05) is 0 Å². The number of non-ortho nitro benzene ring substituents is 1. The second kappa shape index (κ2) is 6.63. The van der Waals surface area contributed by atoms with Crippen molar-refractivity contribution in [3.05, 3.63) is 75.3 Å². The number of hydrogen-bond acceptors (Lipinski definition) is 4. The number of hydrogen-bond donors (Lipinski definition) is 1. The molecule has 1 unspecified atom stereocenters. The molecule has 2 aromatic rings. The lowest BCUT2D eigenvalue weighted by Crippen LogP contribution is -2.40. The van der Waals surface area contributed by atoms with E-state index in [0.717, 1.165) is 17.0 Å². The lowest BCUT2D eigenvalue weighted by Gasteiger charge is -2.22. The first-order valence-corrected chi connectivity index (χ1v) is 8.07. The van der Waals surface area contributed by atoms with Crippen molar-refractivity contribution in [2.24, 2.45) is 0 Å². The molecular weight excluding hydrogens is 379 g/mol. The molecule has 0 saturated carbocycles. The number of carbonyl (C=O) groups is 2. The summed E-state index contributed by atoms with van der Waals surface area (Å²) in [6.45, 7) is 1.26. The molecule has 2 aromatic carbocycles. The average Bonchev–Trinajstić information content (AvgIpc) is 2.85. The normalized spacial score (nSPS) is 19.6. The molecule has 0 aromatic heterocycles. The van der Waals surface area contributed by atoms with Crippen LogP contribution < -0.4 is 5.32 Å². The highest BCUT2D eigenvalue weighted by molar-refractivity contribution is 6.07. The minimum atomic E-state index is -4.48. The second-order valence-electron chi connectivity index (χ2n) is 6.45. The Hall–Kier alpha value is -3.43. The zero-order valence-corrected chi connectivity index (χ0v) is 14.5. The lowest BCUT2D eigenvalue weighted by molar-refractivity contribution is -0.384. The SMILES string of the molecule is CC1(c2ccc([N+](=O)[O-])cc2)NC(=O)N(Cc2ccc(C(F)(F)F)cc2)C1=O. The maximum atomic E-state index is 12.8. The van der Waals surface area contributed by atoms with Gasteiger partial charge in [-0.15, -0.1) is 0 Å². The van der Waals surface area contributed by atoms with Gasteiger partial charge in [0, 0.05) is 12.1 Å². The Balaban J connectivity index is 1.82. The number of nitro groups is 1. The van der Waals surface area contributed by atoms with E-state index in [9.17, 15) is 32.9 Å². The standard InChI is InChI=1S/C18H14F3N3O4/c1-17(12-6-8-14(9-7-12)24(27)28)15(25)23(16(26)22-17)10-11-2-4-13(5-3-11)18(19,20)21/h2-9H,10H2,1H3,(H,22,26). The molecule has 1 N–H and O–H groups in total. The highest BCUT2D eigenvalue weighted by Crippen LogP contribution is 2.32. The van der Waals surface area contributed by atoms with Crippen molar-refractivity contribution in [3.8, 4) is 0 Å². The number of benzene rings is 2. The summed E-state index contributed by atoms with van der Waals surface area (Å²) in [6.07, 6.45) is -4.48. The van der Waals surface area contributed by atoms with Gasteiger partial charge in [0.15, 0.2) is 0 Å². The number of nitro benzene ring substituents is 1. The number of rotatable bonds is 4. The Labute approximate surface area is 156 Å². The van der Waals surface area contributed by atoms with Crippen LogP contribution in [0, 0.1) is 10.1 Å². The van der Waals surface area contributed by atoms with Gasteiger partial charge >= 0.3 is 12.2 Å². The monoisotopic (exact) mass is 393 g/mol. The van der Waals surface area contributed by atoms with Gasteiger partial charge in [-0.3, -0.25) is 19.8 Å². The molecule has 28 heavy (non-hydrogen) atoms. The third-order valence-electron chi connectivity index (χ3n) is 4.55. The molecule has 1 saturated heterocycles. The van der Waals surface area contributed by atoms with Crippen molar-refractivity contribution in [2.45, 2.75) is 25.2 Å². The summed E-state index contributed by atoms with van der Waals surface area (Å²) in [5.41, 5.74) is -1.72. The topological polar surface area (TPSA) is 92.6 Å². The van der Waals surface area contributed by atoms with Gasteiger partial charge in [-0.25, -0.2) is 4.79 Å². The third kappa shape index (κ3) is 3.40. The second-order valence-corrected chi connectivity index (χ2v) is 6.45. The number of imide groups is 1. The van der Waals surface area contributed by atoms with Gasteiger partial charge in [0.05, 0.1) is 17.0 Å². The molecular formula is C18H14F3N3O4. The number of nitrogens with one attached hydrogen (secondary N) is 1. The Morgan fingerprint density at radius 2 is 1.64 bits per heavy atom. The summed E-state index contributed by atoms with van der Waals surface area (Å²) < 4.78 is 37.9. The number of urea groups is 1. The molecule has 1 fully saturated rings. The Kier molecular flexibility index (Phi) is 4.58. The van der Waals surface area contributed by atoms with E-state index < -0.39 is 34.1 Å². The summed E-state index contributed by atoms with van der Waals surface area (Å²) in [4.78, 5) is 36.2. The predicted octanol–water partition coefficient (Wildman–Crippen LogP) is 3.58. The fourth-order valence-electron chi connectivity index (χ4n) is 2.93. The Morgan fingerprint density at radius 1 is 1.07 bits per heavy atom. The fourth-order valence-corrected chi connectivity index (χ4v) is 2.93. The van der Waals surface area contributed by atoms with E-state index >= 15 is 0 Å². The van der Waals surface area contributed by atoms with Gasteiger partial charge in [-0.1, -0.05) is 12.1 Å². The van der Waals surface area contributed by atoms with Crippen molar-refractivity contribution < 1.29 is 27.7 Å². The number of nitrogens with zero attached hydrogens (tertiary/aromatic N) is 2. The third-order valence-corrected chi connectivity index (χ3v) is 4.55. The van der Waals surface area contributed by atoms with Crippen LogP contribution in [0.3, 0.4) is 0 Å². The number of alkyl halides is 3. The van der Waals surface area contributed by atoms with E-state index in [1.54, 1.807) is 0 Å². The summed E-state index contributed by atoms with van der Waals surface area (Å²) in [5.74, 6) is -0.605. The van der Waals surface area contributed by atoms with Crippen LogP contribution in [-0.4, -0.2) is 21.8 Å². The number of carbonyl (C=O) groups excluding carboxylic acids is 2. The van der Waals surface area contributed by atoms with Crippen LogP contribution in [0.25, 0.3) is 0 Å². The van der Waals surface area contributed by atoms with Gasteiger partial charge in [-0.05, 0) is 42.3 Å². The van der Waals surface area contributed by atoms with Gasteiger partial charge < -0.3 is 5.32 Å². The fraction of sp³-hybridized carbons (Fsp3) is 0.222.